The largest absolute Gasteiger partial charge is 0.310 e. The van der Waals surface area contributed by atoms with Gasteiger partial charge in [-0.2, -0.15) is 5.10 Å². The highest BCUT2D eigenvalue weighted by atomic mass is 15.3. The molecule has 108 valence electrons. The van der Waals surface area contributed by atoms with Crippen molar-refractivity contribution in [3.8, 4) is 0 Å². The molecule has 0 spiro atoms. The van der Waals surface area contributed by atoms with E-state index in [1.165, 1.54) is 30.5 Å². The molecular weight excluding hydrogens is 248 g/mol. The van der Waals surface area contributed by atoms with Crippen molar-refractivity contribution in [3.63, 3.8) is 0 Å². The number of rotatable bonds is 5. The summed E-state index contributed by atoms with van der Waals surface area (Å²) in [7, 11) is 0. The topological polar surface area (TPSA) is 42.2 Å². The second kappa shape index (κ2) is 4.85. The summed E-state index contributed by atoms with van der Waals surface area (Å²) >= 11 is 0. The van der Waals surface area contributed by atoms with Crippen molar-refractivity contribution >= 4 is 5.65 Å². The second-order valence-electron chi connectivity index (χ2n) is 6.31. The van der Waals surface area contributed by atoms with Crippen molar-refractivity contribution in [1.29, 1.82) is 0 Å². The number of nitrogens with one attached hydrogen (secondary N) is 1. The van der Waals surface area contributed by atoms with Gasteiger partial charge in [-0.05, 0) is 45.4 Å². The first-order valence-corrected chi connectivity index (χ1v) is 7.60. The van der Waals surface area contributed by atoms with Gasteiger partial charge in [-0.1, -0.05) is 6.92 Å². The molecule has 3 rings (SSSR count). The van der Waals surface area contributed by atoms with Gasteiger partial charge in [0, 0.05) is 36.1 Å². The third-order valence-corrected chi connectivity index (χ3v) is 4.84. The lowest BCUT2D eigenvalue weighted by molar-refractivity contribution is 0.413. The SMILES string of the molecule is CCC1(CNC(C)c2cnc3cc(C)nn3c2C)CC1. The van der Waals surface area contributed by atoms with Gasteiger partial charge < -0.3 is 5.32 Å². The lowest BCUT2D eigenvalue weighted by Gasteiger charge is -2.20. The number of aryl methyl sites for hydroxylation is 2. The molecule has 0 aromatic carbocycles. The molecule has 2 heterocycles. The van der Waals surface area contributed by atoms with Gasteiger partial charge in [0.2, 0.25) is 0 Å². The zero-order chi connectivity index (χ0) is 14.3. The van der Waals surface area contributed by atoms with Crippen LogP contribution in [-0.4, -0.2) is 21.1 Å². The Balaban J connectivity index is 1.80. The minimum atomic E-state index is 0.320. The third-order valence-electron chi connectivity index (χ3n) is 4.84. The van der Waals surface area contributed by atoms with E-state index in [4.69, 9.17) is 0 Å². The Morgan fingerprint density at radius 3 is 2.80 bits per heavy atom. The van der Waals surface area contributed by atoms with E-state index in [-0.39, 0.29) is 0 Å². The summed E-state index contributed by atoms with van der Waals surface area (Å²) in [6.45, 7) is 9.76. The van der Waals surface area contributed by atoms with Gasteiger partial charge in [0.1, 0.15) is 0 Å². The highest BCUT2D eigenvalue weighted by Gasteiger charge is 2.40. The summed E-state index contributed by atoms with van der Waals surface area (Å²) in [4.78, 5) is 4.52. The summed E-state index contributed by atoms with van der Waals surface area (Å²) in [5, 5.41) is 8.20. The zero-order valence-electron chi connectivity index (χ0n) is 12.9. The maximum Gasteiger partial charge on any atom is 0.155 e. The Morgan fingerprint density at radius 1 is 1.40 bits per heavy atom. The van der Waals surface area contributed by atoms with Crippen LogP contribution in [0.4, 0.5) is 0 Å². The van der Waals surface area contributed by atoms with Gasteiger partial charge in [-0.15, -0.1) is 0 Å². The van der Waals surface area contributed by atoms with Crippen LogP contribution >= 0.6 is 0 Å². The van der Waals surface area contributed by atoms with Crippen molar-refractivity contribution in [2.24, 2.45) is 5.41 Å². The van der Waals surface area contributed by atoms with Gasteiger partial charge in [0.05, 0.1) is 5.69 Å². The van der Waals surface area contributed by atoms with E-state index >= 15 is 0 Å². The molecule has 1 fully saturated rings. The molecule has 1 aliphatic rings. The van der Waals surface area contributed by atoms with E-state index in [1.807, 2.05) is 23.7 Å². The van der Waals surface area contributed by atoms with Gasteiger partial charge in [-0.25, -0.2) is 9.50 Å². The van der Waals surface area contributed by atoms with Crippen molar-refractivity contribution < 1.29 is 0 Å². The summed E-state index contributed by atoms with van der Waals surface area (Å²) < 4.78 is 1.95. The number of hydrogen-bond acceptors (Lipinski definition) is 3. The van der Waals surface area contributed by atoms with Crippen LogP contribution in [0.25, 0.3) is 5.65 Å². The number of nitrogens with zero attached hydrogens (tertiary/aromatic N) is 3. The normalized spacial score (nSPS) is 18.4. The molecule has 4 heteroatoms. The molecule has 1 unspecified atom stereocenters. The Kier molecular flexibility index (Phi) is 3.28. The van der Waals surface area contributed by atoms with E-state index in [1.54, 1.807) is 0 Å². The van der Waals surface area contributed by atoms with Gasteiger partial charge in [0.25, 0.3) is 0 Å². The average molecular weight is 272 g/mol. The predicted octanol–water partition coefficient (Wildman–Crippen LogP) is 3.19. The maximum absolute atomic E-state index is 4.52. The number of hydrogen-bond donors (Lipinski definition) is 1. The van der Waals surface area contributed by atoms with E-state index in [0.29, 0.717) is 11.5 Å². The quantitative estimate of drug-likeness (QED) is 0.909. The minimum absolute atomic E-state index is 0.320. The maximum atomic E-state index is 4.52. The van der Waals surface area contributed by atoms with Crippen molar-refractivity contribution in [1.82, 2.24) is 19.9 Å². The first-order chi connectivity index (χ1) is 9.54. The van der Waals surface area contributed by atoms with Crippen molar-refractivity contribution in [2.45, 2.75) is 53.0 Å². The van der Waals surface area contributed by atoms with Gasteiger partial charge in [-0.3, -0.25) is 0 Å². The molecular formula is C16H24N4. The smallest absolute Gasteiger partial charge is 0.155 e. The van der Waals surface area contributed by atoms with Gasteiger partial charge in [0.15, 0.2) is 5.65 Å². The van der Waals surface area contributed by atoms with Crippen LogP contribution < -0.4 is 5.32 Å². The third kappa shape index (κ3) is 2.33. The Morgan fingerprint density at radius 2 is 2.15 bits per heavy atom. The molecule has 2 aromatic heterocycles. The molecule has 0 bridgehead atoms. The van der Waals surface area contributed by atoms with Crippen LogP contribution in [-0.2, 0) is 0 Å². The van der Waals surface area contributed by atoms with Crippen molar-refractivity contribution in [2.75, 3.05) is 6.54 Å². The standard InChI is InChI=1S/C16H24N4/c1-5-16(6-7-16)10-18-12(3)14-9-17-15-8-11(2)19-20(15)13(14)4/h8-9,12,18H,5-7,10H2,1-4H3. The molecule has 1 saturated carbocycles. The number of aromatic nitrogens is 3. The zero-order valence-corrected chi connectivity index (χ0v) is 12.9. The van der Waals surface area contributed by atoms with Crippen LogP contribution in [0.15, 0.2) is 12.3 Å². The summed E-state index contributed by atoms with van der Waals surface area (Å²) in [6, 6.07) is 2.34. The lowest BCUT2D eigenvalue weighted by Crippen LogP contribution is -2.27. The minimum Gasteiger partial charge on any atom is -0.310 e. The molecule has 1 aliphatic carbocycles. The van der Waals surface area contributed by atoms with Crippen LogP contribution in [0.2, 0.25) is 0 Å². The summed E-state index contributed by atoms with van der Waals surface area (Å²) in [5.74, 6) is 0. The van der Waals surface area contributed by atoms with Crippen LogP contribution in [0.3, 0.4) is 0 Å². The van der Waals surface area contributed by atoms with E-state index in [2.05, 4.69) is 36.2 Å². The Labute approximate surface area is 120 Å². The first-order valence-electron chi connectivity index (χ1n) is 7.60. The van der Waals surface area contributed by atoms with Crippen LogP contribution in [0, 0.1) is 19.3 Å². The molecule has 0 amide bonds. The molecule has 0 aliphatic heterocycles. The fourth-order valence-corrected chi connectivity index (χ4v) is 2.91. The summed E-state index contributed by atoms with van der Waals surface area (Å²) in [5.41, 5.74) is 4.95. The van der Waals surface area contributed by atoms with Crippen LogP contribution in [0.5, 0.6) is 0 Å². The van der Waals surface area contributed by atoms with E-state index in [0.717, 1.165) is 17.9 Å². The molecule has 0 saturated heterocycles. The number of fused-ring (bicyclic) bond motifs is 1. The molecule has 20 heavy (non-hydrogen) atoms. The fraction of sp³-hybridized carbons (Fsp3) is 0.625. The first kappa shape index (κ1) is 13.6. The molecule has 2 aromatic rings. The average Bonchev–Trinajstić information content (AvgIpc) is 3.11. The highest BCUT2D eigenvalue weighted by molar-refractivity contribution is 5.42. The monoisotopic (exact) mass is 272 g/mol. The fourth-order valence-electron chi connectivity index (χ4n) is 2.91. The molecule has 1 atom stereocenters. The van der Waals surface area contributed by atoms with E-state index in [9.17, 15) is 0 Å². The molecule has 4 nitrogen and oxygen atoms in total. The van der Waals surface area contributed by atoms with E-state index < -0.39 is 0 Å². The van der Waals surface area contributed by atoms with Crippen molar-refractivity contribution in [3.05, 3.63) is 29.2 Å². The molecule has 1 N–H and O–H groups in total. The second-order valence-corrected chi connectivity index (χ2v) is 6.31. The predicted molar refractivity (Wildman–Crippen MR) is 80.8 cm³/mol. The Hall–Kier alpha value is -1.42. The van der Waals surface area contributed by atoms with Crippen LogP contribution in [0.1, 0.15) is 56.1 Å². The molecule has 0 radical (unpaired) electrons. The summed E-state index contributed by atoms with van der Waals surface area (Å²) in [6.07, 6.45) is 6.02. The Bertz CT molecular complexity index is 625. The highest BCUT2D eigenvalue weighted by Crippen LogP contribution is 2.48. The van der Waals surface area contributed by atoms with Gasteiger partial charge >= 0.3 is 0 Å². The lowest BCUT2D eigenvalue weighted by atomic mass is 10.0.